The summed E-state index contributed by atoms with van der Waals surface area (Å²) in [6.07, 6.45) is 0.985. The first-order valence-electron chi connectivity index (χ1n) is 3.73. The molecule has 0 bridgehead atoms. The molecule has 0 spiro atoms. The van der Waals surface area contributed by atoms with Crippen LogP contribution < -0.4 is 4.74 Å². The summed E-state index contributed by atoms with van der Waals surface area (Å²) in [4.78, 5) is 0. The Kier molecular flexibility index (Phi) is 2.78. The van der Waals surface area contributed by atoms with Gasteiger partial charge in [-0.25, -0.2) is 0 Å². The summed E-state index contributed by atoms with van der Waals surface area (Å²) in [6.45, 7) is 2.75. The van der Waals surface area contributed by atoms with E-state index in [-0.39, 0.29) is 5.75 Å². The maximum absolute atomic E-state index is 10.6. The van der Waals surface area contributed by atoms with Gasteiger partial charge in [0.2, 0.25) is 0 Å². The average Bonchev–Trinajstić information content (AvgIpc) is 2.04. The number of ether oxygens (including phenoxy) is 1. The number of benzene rings is 1. The lowest BCUT2D eigenvalue weighted by Gasteiger charge is -2.02. The lowest BCUT2D eigenvalue weighted by molar-refractivity contribution is 0.315. The molecule has 0 amide bonds. The molecule has 0 aliphatic rings. The minimum atomic E-state index is 0.0221. The zero-order valence-corrected chi connectivity index (χ0v) is 6.54. The minimum Gasteiger partial charge on any atom is -0.494 e. The quantitative estimate of drug-likeness (QED) is 0.652. The molecule has 1 aromatic rings. The van der Waals surface area contributed by atoms with E-state index in [2.05, 4.69) is 0 Å². The zero-order chi connectivity index (χ0) is 8.10. The van der Waals surface area contributed by atoms with Crippen molar-refractivity contribution in [2.45, 2.75) is 13.3 Å². The Morgan fingerprint density at radius 2 is 1.91 bits per heavy atom. The second kappa shape index (κ2) is 3.86. The molecule has 0 fully saturated rings. The van der Waals surface area contributed by atoms with Crippen LogP contribution in [0.15, 0.2) is 24.3 Å². The highest BCUT2D eigenvalue weighted by Gasteiger charge is 1.92. The highest BCUT2D eigenvalue weighted by Crippen LogP contribution is 2.16. The largest absolute Gasteiger partial charge is 0.494 e. The molecule has 0 aromatic heterocycles. The molecule has 0 unspecified atom stereocenters. The Balaban J connectivity index is 2.52. The third kappa shape index (κ3) is 2.50. The van der Waals surface area contributed by atoms with E-state index in [4.69, 9.17) is 4.74 Å². The van der Waals surface area contributed by atoms with Gasteiger partial charge in [-0.15, -0.1) is 0 Å². The molecule has 0 N–H and O–H groups in total. The minimum absolute atomic E-state index is 0.0221. The molecule has 0 atom stereocenters. The Morgan fingerprint density at radius 3 is 2.45 bits per heavy atom. The first kappa shape index (κ1) is 7.92. The van der Waals surface area contributed by atoms with Crippen molar-refractivity contribution in [2.75, 3.05) is 6.61 Å². The molecule has 1 rings (SSSR count). The first-order chi connectivity index (χ1) is 5.33. The van der Waals surface area contributed by atoms with Crippen molar-refractivity contribution in [3.8, 4) is 11.5 Å². The summed E-state index contributed by atoms with van der Waals surface area (Å²) in [5.74, 6) is 0.792. The van der Waals surface area contributed by atoms with Crippen molar-refractivity contribution in [1.82, 2.24) is 0 Å². The number of hydrogen-bond donors (Lipinski definition) is 0. The Bertz CT molecular complexity index is 203. The predicted octanol–water partition coefficient (Wildman–Crippen LogP) is 2.62. The van der Waals surface area contributed by atoms with Gasteiger partial charge in [-0.1, -0.05) is 6.92 Å². The lowest BCUT2D eigenvalue weighted by Crippen LogP contribution is -1.93. The molecule has 1 radical (unpaired) electrons. The van der Waals surface area contributed by atoms with Crippen LogP contribution in [0.4, 0.5) is 0 Å². The number of hydrogen-bond acceptors (Lipinski definition) is 1. The fraction of sp³-hybridized carbons (Fsp3) is 0.333. The Morgan fingerprint density at radius 1 is 1.27 bits per heavy atom. The van der Waals surface area contributed by atoms with Gasteiger partial charge < -0.3 is 4.74 Å². The molecule has 0 saturated heterocycles. The molecule has 0 aliphatic heterocycles. The van der Waals surface area contributed by atoms with Gasteiger partial charge in [0.05, 0.1) is 6.61 Å². The molecule has 0 saturated carbocycles. The summed E-state index contributed by atoms with van der Waals surface area (Å²) in [5, 5.41) is 10.6. The second-order valence-electron chi connectivity index (χ2n) is 2.32. The van der Waals surface area contributed by atoms with Gasteiger partial charge >= 0.3 is 0 Å². The maximum Gasteiger partial charge on any atom is 0.178 e. The molecule has 2 nitrogen and oxygen atoms in total. The fourth-order valence-corrected chi connectivity index (χ4v) is 0.756. The summed E-state index contributed by atoms with van der Waals surface area (Å²) in [7, 11) is 0. The van der Waals surface area contributed by atoms with Crippen LogP contribution in [0.3, 0.4) is 0 Å². The van der Waals surface area contributed by atoms with Gasteiger partial charge in [-0.3, -0.25) is 5.11 Å². The molecule has 11 heavy (non-hydrogen) atoms. The third-order valence-corrected chi connectivity index (χ3v) is 1.30. The molecular weight excluding hydrogens is 140 g/mol. The fourth-order valence-electron chi connectivity index (χ4n) is 0.756. The molecule has 59 valence electrons. The van der Waals surface area contributed by atoms with E-state index in [1.807, 2.05) is 6.92 Å². The van der Waals surface area contributed by atoms with Crippen LogP contribution >= 0.6 is 0 Å². The molecular formula is C9H11O2. The van der Waals surface area contributed by atoms with Crippen molar-refractivity contribution >= 4 is 0 Å². The van der Waals surface area contributed by atoms with E-state index in [0.29, 0.717) is 6.61 Å². The highest BCUT2D eigenvalue weighted by atomic mass is 16.5. The van der Waals surface area contributed by atoms with Gasteiger partial charge in [0.1, 0.15) is 5.75 Å². The Labute approximate surface area is 66.4 Å². The van der Waals surface area contributed by atoms with E-state index in [1.54, 1.807) is 12.1 Å². The second-order valence-corrected chi connectivity index (χ2v) is 2.32. The van der Waals surface area contributed by atoms with Gasteiger partial charge in [-0.2, -0.15) is 0 Å². The summed E-state index contributed by atoms with van der Waals surface area (Å²) < 4.78 is 5.27. The van der Waals surface area contributed by atoms with Crippen LogP contribution in [0.1, 0.15) is 13.3 Å². The molecule has 2 heteroatoms. The summed E-state index contributed by atoms with van der Waals surface area (Å²) in [5.41, 5.74) is 0. The molecule has 1 aromatic carbocycles. The van der Waals surface area contributed by atoms with Crippen LogP contribution in [0.2, 0.25) is 0 Å². The van der Waals surface area contributed by atoms with Crippen LogP contribution in [-0.2, 0) is 5.11 Å². The first-order valence-corrected chi connectivity index (χ1v) is 3.73. The van der Waals surface area contributed by atoms with Crippen LogP contribution in [0.25, 0.3) is 0 Å². The standard InChI is InChI=1S/C9H11O2/c1-2-7-11-9-5-3-8(10)4-6-9/h3-6H,2,7H2,1H3. The van der Waals surface area contributed by atoms with E-state index in [0.717, 1.165) is 12.2 Å². The van der Waals surface area contributed by atoms with Crippen LogP contribution in [-0.4, -0.2) is 6.61 Å². The van der Waals surface area contributed by atoms with Gasteiger partial charge in [0, 0.05) is 0 Å². The summed E-state index contributed by atoms with van der Waals surface area (Å²) >= 11 is 0. The molecule has 0 aliphatic carbocycles. The maximum atomic E-state index is 10.6. The van der Waals surface area contributed by atoms with Crippen molar-refractivity contribution < 1.29 is 9.84 Å². The van der Waals surface area contributed by atoms with E-state index in [9.17, 15) is 5.11 Å². The van der Waals surface area contributed by atoms with Gasteiger partial charge in [0.25, 0.3) is 0 Å². The van der Waals surface area contributed by atoms with E-state index >= 15 is 0 Å². The van der Waals surface area contributed by atoms with Crippen molar-refractivity contribution in [3.63, 3.8) is 0 Å². The van der Waals surface area contributed by atoms with Gasteiger partial charge in [-0.05, 0) is 30.7 Å². The van der Waals surface area contributed by atoms with Gasteiger partial charge in [0.15, 0.2) is 5.75 Å². The van der Waals surface area contributed by atoms with Crippen LogP contribution in [0, 0.1) is 0 Å². The van der Waals surface area contributed by atoms with Crippen molar-refractivity contribution in [3.05, 3.63) is 24.3 Å². The summed E-state index contributed by atoms with van der Waals surface area (Å²) in [6, 6.07) is 6.39. The normalized spacial score (nSPS) is 9.55. The average molecular weight is 151 g/mol. The van der Waals surface area contributed by atoms with Crippen LogP contribution in [0.5, 0.6) is 11.5 Å². The SMILES string of the molecule is CCCOc1ccc([O])cc1. The topological polar surface area (TPSA) is 29.1 Å². The predicted molar refractivity (Wildman–Crippen MR) is 42.4 cm³/mol. The third-order valence-electron chi connectivity index (χ3n) is 1.30. The van der Waals surface area contributed by atoms with Crippen molar-refractivity contribution in [2.24, 2.45) is 0 Å². The smallest absolute Gasteiger partial charge is 0.178 e. The van der Waals surface area contributed by atoms with Crippen molar-refractivity contribution in [1.29, 1.82) is 0 Å². The monoisotopic (exact) mass is 151 g/mol. The highest BCUT2D eigenvalue weighted by molar-refractivity contribution is 5.29. The Hall–Kier alpha value is -1.18. The number of rotatable bonds is 3. The lowest BCUT2D eigenvalue weighted by atomic mass is 10.3. The van der Waals surface area contributed by atoms with E-state index < -0.39 is 0 Å². The molecule has 0 heterocycles. The van der Waals surface area contributed by atoms with E-state index in [1.165, 1.54) is 12.1 Å². The zero-order valence-electron chi connectivity index (χ0n) is 6.54.